The maximum Gasteiger partial charge on any atom is 0.261 e. The molecule has 112 valence electrons. The van der Waals surface area contributed by atoms with Gasteiger partial charge in [-0.05, 0) is 49.0 Å². The first-order chi connectivity index (χ1) is 10.0. The van der Waals surface area contributed by atoms with Crippen molar-refractivity contribution in [3.63, 3.8) is 0 Å². The van der Waals surface area contributed by atoms with Crippen molar-refractivity contribution in [2.45, 2.75) is 11.4 Å². The quantitative estimate of drug-likeness (QED) is 0.858. The Morgan fingerprint density at radius 2 is 1.62 bits per heavy atom. The number of anilines is 1. The highest BCUT2D eigenvalue weighted by molar-refractivity contribution is 7.92. The molecule has 0 bridgehead atoms. The molecule has 0 saturated carbocycles. The van der Waals surface area contributed by atoms with E-state index in [0.29, 0.717) is 18.0 Å². The molecule has 0 spiro atoms. The van der Waals surface area contributed by atoms with Gasteiger partial charge in [0, 0.05) is 12.2 Å². The summed E-state index contributed by atoms with van der Waals surface area (Å²) in [4.78, 5) is 0.234. The van der Waals surface area contributed by atoms with Crippen LogP contribution in [0.15, 0.2) is 53.4 Å². The molecule has 0 radical (unpaired) electrons. The van der Waals surface area contributed by atoms with Gasteiger partial charge in [-0.1, -0.05) is 12.1 Å². The summed E-state index contributed by atoms with van der Waals surface area (Å²) < 4.78 is 32.1. The Morgan fingerprint density at radius 3 is 2.14 bits per heavy atom. The van der Waals surface area contributed by atoms with Gasteiger partial charge in [-0.3, -0.25) is 4.72 Å². The van der Waals surface area contributed by atoms with Crippen molar-refractivity contribution in [3.8, 4) is 5.75 Å². The molecule has 2 rings (SSSR count). The Morgan fingerprint density at radius 1 is 1.00 bits per heavy atom. The Bertz CT molecular complexity index is 680. The van der Waals surface area contributed by atoms with E-state index in [4.69, 9.17) is 4.74 Å². The van der Waals surface area contributed by atoms with E-state index in [0.717, 1.165) is 5.56 Å². The fourth-order valence-electron chi connectivity index (χ4n) is 1.86. The van der Waals surface area contributed by atoms with E-state index in [1.807, 2.05) is 7.05 Å². The molecule has 5 nitrogen and oxygen atoms in total. The van der Waals surface area contributed by atoms with Crippen LogP contribution in [0.2, 0.25) is 0 Å². The van der Waals surface area contributed by atoms with Crippen molar-refractivity contribution in [1.29, 1.82) is 0 Å². The van der Waals surface area contributed by atoms with Crippen molar-refractivity contribution in [2.24, 2.45) is 0 Å². The molecule has 0 atom stereocenters. The molecule has 0 unspecified atom stereocenters. The zero-order valence-corrected chi connectivity index (χ0v) is 12.8. The van der Waals surface area contributed by atoms with Gasteiger partial charge < -0.3 is 10.1 Å². The third-order valence-electron chi connectivity index (χ3n) is 2.96. The number of ether oxygens (including phenoxy) is 1. The molecule has 0 saturated heterocycles. The highest BCUT2D eigenvalue weighted by Gasteiger charge is 2.13. The Balaban J connectivity index is 2.16. The van der Waals surface area contributed by atoms with Gasteiger partial charge in [-0.15, -0.1) is 0 Å². The monoisotopic (exact) mass is 306 g/mol. The van der Waals surface area contributed by atoms with Gasteiger partial charge in [-0.25, -0.2) is 8.42 Å². The smallest absolute Gasteiger partial charge is 0.261 e. The average Bonchev–Trinajstić information content (AvgIpc) is 2.48. The maximum atomic E-state index is 12.3. The molecule has 6 heteroatoms. The van der Waals surface area contributed by atoms with Gasteiger partial charge in [0.1, 0.15) is 5.75 Å². The zero-order chi connectivity index (χ0) is 15.3. The Kier molecular flexibility index (Phi) is 4.82. The minimum absolute atomic E-state index is 0.234. The lowest BCUT2D eigenvalue weighted by Gasteiger charge is -2.09. The van der Waals surface area contributed by atoms with Gasteiger partial charge in [0.15, 0.2) is 0 Å². The summed E-state index contributed by atoms with van der Waals surface area (Å²) >= 11 is 0. The van der Waals surface area contributed by atoms with Gasteiger partial charge in [0.25, 0.3) is 10.0 Å². The van der Waals surface area contributed by atoms with Crippen LogP contribution < -0.4 is 14.8 Å². The number of rotatable bonds is 6. The normalized spacial score (nSPS) is 11.1. The molecular weight excluding hydrogens is 288 g/mol. The molecule has 0 amide bonds. The van der Waals surface area contributed by atoms with Crippen LogP contribution in [0.5, 0.6) is 5.75 Å². The fraction of sp³-hybridized carbons (Fsp3) is 0.200. The van der Waals surface area contributed by atoms with Crippen LogP contribution in [-0.2, 0) is 16.6 Å². The summed E-state index contributed by atoms with van der Waals surface area (Å²) in [6.07, 6.45) is 0. The molecule has 2 N–H and O–H groups in total. The van der Waals surface area contributed by atoms with Crippen molar-refractivity contribution < 1.29 is 13.2 Å². The summed E-state index contributed by atoms with van der Waals surface area (Å²) in [5, 5.41) is 3.02. The molecule has 0 fully saturated rings. The summed E-state index contributed by atoms with van der Waals surface area (Å²) in [6.45, 7) is 0.701. The van der Waals surface area contributed by atoms with Crippen LogP contribution in [0.4, 0.5) is 5.69 Å². The SMILES string of the molecule is CNCc1ccc(S(=O)(=O)Nc2ccc(OC)cc2)cc1. The first-order valence-corrected chi connectivity index (χ1v) is 7.94. The number of methoxy groups -OCH3 is 1. The first kappa shape index (κ1) is 15.3. The maximum absolute atomic E-state index is 12.3. The fourth-order valence-corrected chi connectivity index (χ4v) is 2.92. The second kappa shape index (κ2) is 6.60. The predicted octanol–water partition coefficient (Wildman–Crippen LogP) is 2.22. The molecule has 0 heterocycles. The molecule has 21 heavy (non-hydrogen) atoms. The summed E-state index contributed by atoms with van der Waals surface area (Å²) in [5.41, 5.74) is 1.52. The van der Waals surface area contributed by atoms with E-state index in [1.54, 1.807) is 55.6 Å². The highest BCUT2D eigenvalue weighted by Crippen LogP contribution is 2.19. The van der Waals surface area contributed by atoms with Gasteiger partial charge in [-0.2, -0.15) is 0 Å². The summed E-state index contributed by atoms with van der Waals surface area (Å²) in [6, 6.07) is 13.5. The van der Waals surface area contributed by atoms with Crippen LogP contribution in [-0.4, -0.2) is 22.6 Å². The van der Waals surface area contributed by atoms with Gasteiger partial charge >= 0.3 is 0 Å². The summed E-state index contributed by atoms with van der Waals surface area (Å²) in [7, 11) is -0.171. The number of hydrogen-bond donors (Lipinski definition) is 2. The standard InChI is InChI=1S/C15H18N2O3S/c1-16-11-12-3-9-15(10-4-12)21(18,19)17-13-5-7-14(20-2)8-6-13/h3-10,16-17H,11H2,1-2H3. The lowest BCUT2D eigenvalue weighted by molar-refractivity contribution is 0.415. The average molecular weight is 306 g/mol. The first-order valence-electron chi connectivity index (χ1n) is 6.45. The number of nitrogens with one attached hydrogen (secondary N) is 2. The molecule has 0 aliphatic rings. The number of sulfonamides is 1. The lowest BCUT2D eigenvalue weighted by Crippen LogP contribution is -2.13. The van der Waals surface area contributed by atoms with Crippen molar-refractivity contribution >= 4 is 15.7 Å². The number of hydrogen-bond acceptors (Lipinski definition) is 4. The molecule has 0 aromatic heterocycles. The zero-order valence-electron chi connectivity index (χ0n) is 12.0. The van der Waals surface area contributed by atoms with Crippen LogP contribution >= 0.6 is 0 Å². The molecular formula is C15H18N2O3S. The lowest BCUT2D eigenvalue weighted by atomic mass is 10.2. The minimum Gasteiger partial charge on any atom is -0.497 e. The van der Waals surface area contributed by atoms with Crippen molar-refractivity contribution in [3.05, 3.63) is 54.1 Å². The largest absolute Gasteiger partial charge is 0.497 e. The third kappa shape index (κ3) is 3.96. The van der Waals surface area contributed by atoms with Crippen molar-refractivity contribution in [2.75, 3.05) is 18.9 Å². The molecule has 0 aliphatic carbocycles. The van der Waals surface area contributed by atoms with E-state index in [-0.39, 0.29) is 4.90 Å². The van der Waals surface area contributed by atoms with E-state index >= 15 is 0 Å². The van der Waals surface area contributed by atoms with Crippen LogP contribution in [0, 0.1) is 0 Å². The van der Waals surface area contributed by atoms with Gasteiger partial charge in [0.05, 0.1) is 12.0 Å². The van der Waals surface area contributed by atoms with E-state index < -0.39 is 10.0 Å². The van der Waals surface area contributed by atoms with Crippen LogP contribution in [0.3, 0.4) is 0 Å². The van der Waals surface area contributed by atoms with Crippen LogP contribution in [0.1, 0.15) is 5.56 Å². The number of benzene rings is 2. The highest BCUT2D eigenvalue weighted by atomic mass is 32.2. The van der Waals surface area contributed by atoms with Crippen LogP contribution in [0.25, 0.3) is 0 Å². The molecule has 2 aromatic rings. The van der Waals surface area contributed by atoms with E-state index in [2.05, 4.69) is 10.0 Å². The Labute approximate surface area is 125 Å². The van der Waals surface area contributed by atoms with Gasteiger partial charge in [0.2, 0.25) is 0 Å². The third-order valence-corrected chi connectivity index (χ3v) is 4.35. The minimum atomic E-state index is -3.58. The Hall–Kier alpha value is -2.05. The van der Waals surface area contributed by atoms with E-state index in [9.17, 15) is 8.42 Å². The molecule has 2 aromatic carbocycles. The molecule has 0 aliphatic heterocycles. The topological polar surface area (TPSA) is 67.4 Å². The predicted molar refractivity (Wildman–Crippen MR) is 83.0 cm³/mol. The second-order valence-electron chi connectivity index (χ2n) is 4.51. The summed E-state index contributed by atoms with van der Waals surface area (Å²) in [5.74, 6) is 0.675. The second-order valence-corrected chi connectivity index (χ2v) is 6.19. The van der Waals surface area contributed by atoms with Crippen molar-refractivity contribution in [1.82, 2.24) is 5.32 Å². The van der Waals surface area contributed by atoms with E-state index in [1.165, 1.54) is 0 Å².